The molecule has 8 nitrogen and oxygen atoms in total. The van der Waals surface area contributed by atoms with Crippen molar-refractivity contribution in [1.29, 1.82) is 0 Å². The van der Waals surface area contributed by atoms with Gasteiger partial charge < -0.3 is 21.3 Å². The Balaban J connectivity index is 1.75. The van der Waals surface area contributed by atoms with Gasteiger partial charge in [-0.1, -0.05) is 53.7 Å². The third-order valence-electron chi connectivity index (χ3n) is 5.23. The molecule has 0 spiro atoms. The molecule has 4 N–H and O–H groups in total. The van der Waals surface area contributed by atoms with Gasteiger partial charge in [0.15, 0.2) is 0 Å². The second kappa shape index (κ2) is 12.3. The molecular weight excluding hydrogens is 456 g/mol. The summed E-state index contributed by atoms with van der Waals surface area (Å²) in [5.41, 5.74) is 1.40. The SMILES string of the molecule is CC(C)(C)C(=O)Nc1cccc(NC(=O)CCCCC(=O)Nc2cccc(NC(=O)C(C)(C)C)c2)c1. The summed E-state index contributed by atoms with van der Waals surface area (Å²) in [6.45, 7) is 11.0. The van der Waals surface area contributed by atoms with Crippen LogP contribution in [0.15, 0.2) is 48.5 Å². The molecule has 0 bridgehead atoms. The van der Waals surface area contributed by atoms with E-state index in [0.29, 0.717) is 35.6 Å². The largest absolute Gasteiger partial charge is 0.326 e. The Morgan fingerprint density at radius 1 is 0.556 bits per heavy atom. The highest BCUT2D eigenvalue weighted by atomic mass is 16.2. The minimum Gasteiger partial charge on any atom is -0.326 e. The van der Waals surface area contributed by atoms with Crippen LogP contribution >= 0.6 is 0 Å². The fourth-order valence-corrected chi connectivity index (χ4v) is 3.00. The Kier molecular flexibility index (Phi) is 9.78. The average molecular weight is 495 g/mol. The molecule has 0 fully saturated rings. The van der Waals surface area contributed by atoms with Crippen molar-refractivity contribution in [2.75, 3.05) is 21.3 Å². The van der Waals surface area contributed by atoms with Crippen molar-refractivity contribution in [2.24, 2.45) is 10.8 Å². The molecule has 194 valence electrons. The van der Waals surface area contributed by atoms with Crippen LogP contribution in [0.5, 0.6) is 0 Å². The predicted molar refractivity (Wildman–Crippen MR) is 145 cm³/mol. The van der Waals surface area contributed by atoms with Crippen molar-refractivity contribution in [3.8, 4) is 0 Å². The topological polar surface area (TPSA) is 116 Å². The Morgan fingerprint density at radius 2 is 0.861 bits per heavy atom. The molecule has 2 rings (SSSR count). The van der Waals surface area contributed by atoms with E-state index < -0.39 is 10.8 Å². The molecule has 0 heterocycles. The van der Waals surface area contributed by atoms with E-state index in [1.807, 2.05) is 41.5 Å². The minimum atomic E-state index is -0.517. The van der Waals surface area contributed by atoms with Gasteiger partial charge in [0.2, 0.25) is 23.6 Å². The van der Waals surface area contributed by atoms with E-state index in [4.69, 9.17) is 0 Å². The van der Waals surface area contributed by atoms with Crippen molar-refractivity contribution >= 4 is 46.4 Å². The molecule has 0 atom stereocenters. The predicted octanol–water partition coefficient (Wildman–Crippen LogP) is 5.79. The van der Waals surface area contributed by atoms with Gasteiger partial charge in [-0.05, 0) is 49.2 Å². The standard InChI is InChI=1S/C28H38N4O4/c1-27(2,3)25(35)31-21-13-9-11-19(17-21)29-23(33)15-7-8-16-24(34)30-20-12-10-14-22(18-20)32-26(36)28(4,5)6/h9-14,17-18H,7-8,15-16H2,1-6H3,(H,29,33)(H,30,34)(H,31,35)(H,32,36). The Morgan fingerprint density at radius 3 is 1.17 bits per heavy atom. The number of carbonyl (C=O) groups excluding carboxylic acids is 4. The molecule has 8 heteroatoms. The van der Waals surface area contributed by atoms with E-state index in [2.05, 4.69) is 21.3 Å². The normalized spacial score (nSPS) is 11.4. The van der Waals surface area contributed by atoms with Crippen molar-refractivity contribution in [2.45, 2.75) is 67.2 Å². The second-order valence-corrected chi connectivity index (χ2v) is 10.9. The number of benzene rings is 2. The fraction of sp³-hybridized carbons (Fsp3) is 0.429. The van der Waals surface area contributed by atoms with Gasteiger partial charge in [-0.25, -0.2) is 0 Å². The first kappa shape index (κ1) is 28.6. The van der Waals surface area contributed by atoms with Crippen molar-refractivity contribution in [3.05, 3.63) is 48.5 Å². The van der Waals surface area contributed by atoms with E-state index in [1.165, 1.54) is 0 Å². The van der Waals surface area contributed by atoms with Gasteiger partial charge in [0.25, 0.3) is 0 Å². The third kappa shape index (κ3) is 9.90. The Bertz CT molecular complexity index is 1010. The molecular formula is C28H38N4O4. The van der Waals surface area contributed by atoms with E-state index in [1.54, 1.807) is 48.5 Å². The summed E-state index contributed by atoms with van der Waals surface area (Å²) in [6.07, 6.45) is 1.67. The van der Waals surface area contributed by atoms with Crippen LogP contribution in [0.2, 0.25) is 0 Å². The molecule has 0 saturated heterocycles. The van der Waals surface area contributed by atoms with Gasteiger partial charge in [-0.15, -0.1) is 0 Å². The highest BCUT2D eigenvalue weighted by Gasteiger charge is 2.22. The molecule has 0 aromatic heterocycles. The van der Waals surface area contributed by atoms with E-state index in [0.717, 1.165) is 0 Å². The summed E-state index contributed by atoms with van der Waals surface area (Å²) in [7, 11) is 0. The minimum absolute atomic E-state index is 0.106. The lowest BCUT2D eigenvalue weighted by molar-refractivity contribution is -0.123. The number of carbonyl (C=O) groups is 4. The molecule has 2 aromatic carbocycles. The summed E-state index contributed by atoms with van der Waals surface area (Å²) in [5.74, 6) is -0.523. The number of rotatable bonds is 9. The number of nitrogens with one attached hydrogen (secondary N) is 4. The molecule has 0 aliphatic heterocycles. The molecule has 4 amide bonds. The first-order valence-electron chi connectivity index (χ1n) is 12.2. The molecule has 0 aliphatic carbocycles. The third-order valence-corrected chi connectivity index (χ3v) is 5.23. The molecule has 2 aromatic rings. The smallest absolute Gasteiger partial charge is 0.229 e. The average Bonchev–Trinajstić information content (AvgIpc) is 2.76. The lowest BCUT2D eigenvalue weighted by atomic mass is 9.95. The summed E-state index contributed by atoms with van der Waals surface area (Å²) in [6, 6.07) is 14.0. The molecule has 0 saturated carbocycles. The van der Waals surface area contributed by atoms with Gasteiger partial charge in [0, 0.05) is 46.4 Å². The summed E-state index contributed by atoms with van der Waals surface area (Å²) >= 11 is 0. The Hall–Kier alpha value is -3.68. The maximum Gasteiger partial charge on any atom is 0.229 e. The van der Waals surface area contributed by atoms with Gasteiger partial charge in [0.05, 0.1) is 0 Å². The first-order chi connectivity index (χ1) is 16.7. The Labute approximate surface area is 213 Å². The zero-order chi connectivity index (χ0) is 26.9. The monoisotopic (exact) mass is 494 g/mol. The van der Waals surface area contributed by atoms with Crippen LogP contribution in [0.4, 0.5) is 22.7 Å². The molecule has 36 heavy (non-hydrogen) atoms. The maximum atomic E-state index is 12.3. The van der Waals surface area contributed by atoms with Gasteiger partial charge in [-0.2, -0.15) is 0 Å². The fourth-order valence-electron chi connectivity index (χ4n) is 3.00. The number of amides is 4. The molecule has 0 aliphatic rings. The van der Waals surface area contributed by atoms with Crippen LogP contribution in [0.3, 0.4) is 0 Å². The van der Waals surface area contributed by atoms with E-state index >= 15 is 0 Å². The zero-order valence-electron chi connectivity index (χ0n) is 22.1. The molecule has 0 radical (unpaired) electrons. The van der Waals surface area contributed by atoms with Crippen LogP contribution in [-0.4, -0.2) is 23.6 Å². The van der Waals surface area contributed by atoms with Crippen LogP contribution in [0, 0.1) is 10.8 Å². The summed E-state index contributed by atoms with van der Waals surface area (Å²) in [5, 5.41) is 11.3. The van der Waals surface area contributed by atoms with Crippen LogP contribution in [-0.2, 0) is 19.2 Å². The number of hydrogen-bond donors (Lipinski definition) is 4. The quantitative estimate of drug-likeness (QED) is 0.330. The van der Waals surface area contributed by atoms with Crippen LogP contribution in [0.25, 0.3) is 0 Å². The number of hydrogen-bond acceptors (Lipinski definition) is 4. The maximum absolute atomic E-state index is 12.3. The number of anilines is 4. The van der Waals surface area contributed by atoms with Gasteiger partial charge in [-0.3, -0.25) is 19.2 Å². The van der Waals surface area contributed by atoms with Crippen LogP contribution in [0.1, 0.15) is 67.2 Å². The van der Waals surface area contributed by atoms with Gasteiger partial charge >= 0.3 is 0 Å². The highest BCUT2D eigenvalue weighted by Crippen LogP contribution is 2.21. The van der Waals surface area contributed by atoms with Crippen LogP contribution < -0.4 is 21.3 Å². The molecule has 0 unspecified atom stereocenters. The number of unbranched alkanes of at least 4 members (excludes halogenated alkanes) is 1. The summed E-state index contributed by atoms with van der Waals surface area (Å²) in [4.78, 5) is 48.9. The second-order valence-electron chi connectivity index (χ2n) is 10.9. The zero-order valence-corrected chi connectivity index (χ0v) is 22.1. The van der Waals surface area contributed by atoms with Crippen molar-refractivity contribution < 1.29 is 19.2 Å². The lowest BCUT2D eigenvalue weighted by Crippen LogP contribution is -2.27. The highest BCUT2D eigenvalue weighted by molar-refractivity contribution is 5.97. The van der Waals surface area contributed by atoms with E-state index in [9.17, 15) is 19.2 Å². The lowest BCUT2D eigenvalue weighted by Gasteiger charge is -2.18. The van der Waals surface area contributed by atoms with Gasteiger partial charge in [0.1, 0.15) is 0 Å². The van der Waals surface area contributed by atoms with Crippen molar-refractivity contribution in [3.63, 3.8) is 0 Å². The first-order valence-corrected chi connectivity index (χ1v) is 12.2. The summed E-state index contributed by atoms with van der Waals surface area (Å²) < 4.78 is 0. The van der Waals surface area contributed by atoms with Crippen molar-refractivity contribution in [1.82, 2.24) is 0 Å². The van der Waals surface area contributed by atoms with E-state index in [-0.39, 0.29) is 36.5 Å².